The molecule has 0 aromatic carbocycles. The van der Waals surface area contributed by atoms with Gasteiger partial charge in [0.15, 0.2) is 0 Å². The van der Waals surface area contributed by atoms with Crippen LogP contribution in [0.15, 0.2) is 0 Å². The molecule has 0 unspecified atom stereocenters. The summed E-state index contributed by atoms with van der Waals surface area (Å²) in [7, 11) is 1.66. The monoisotopic (exact) mass is 220 g/mol. The van der Waals surface area contributed by atoms with Gasteiger partial charge >= 0.3 is 8.56 Å². The van der Waals surface area contributed by atoms with Crippen LogP contribution in [0.3, 0.4) is 0 Å². The van der Waals surface area contributed by atoms with Gasteiger partial charge in [0.2, 0.25) is 0 Å². The summed E-state index contributed by atoms with van der Waals surface area (Å²) < 4.78 is 16.2. The zero-order chi connectivity index (χ0) is 10.9. The highest BCUT2D eigenvalue weighted by molar-refractivity contribution is 6.65. The molecule has 0 aliphatic heterocycles. The number of rotatable bonds is 9. The number of hydrogen-bond donors (Lipinski definition) is 0. The molecule has 0 atom stereocenters. The van der Waals surface area contributed by atoms with Gasteiger partial charge in [-0.25, -0.2) is 0 Å². The third-order valence-corrected chi connectivity index (χ3v) is 5.37. The van der Waals surface area contributed by atoms with Crippen LogP contribution in [-0.2, 0) is 13.6 Å². The van der Waals surface area contributed by atoms with Gasteiger partial charge in [0.25, 0.3) is 0 Å². The normalized spacial score (nSPS) is 12.0. The van der Waals surface area contributed by atoms with Crippen LogP contribution in [0, 0.1) is 0 Å². The van der Waals surface area contributed by atoms with Crippen LogP contribution < -0.4 is 0 Å². The van der Waals surface area contributed by atoms with Crippen LogP contribution in [0.5, 0.6) is 0 Å². The van der Waals surface area contributed by atoms with Gasteiger partial charge in [0, 0.05) is 27.4 Å². The smallest absolute Gasteiger partial charge is 0.334 e. The second-order valence-electron chi connectivity index (χ2n) is 3.61. The highest BCUT2D eigenvalue weighted by Crippen LogP contribution is 2.14. The van der Waals surface area contributed by atoms with E-state index in [1.165, 1.54) is 0 Å². The third-order valence-electron chi connectivity index (χ3n) is 2.38. The molecule has 0 saturated carbocycles. The summed E-state index contributed by atoms with van der Waals surface area (Å²) >= 11 is 0. The molecule has 4 heteroatoms. The molecule has 0 aromatic rings. The first-order valence-electron chi connectivity index (χ1n) is 5.36. The van der Waals surface area contributed by atoms with E-state index in [2.05, 4.69) is 13.5 Å². The lowest BCUT2D eigenvalue weighted by Gasteiger charge is -2.22. The zero-order valence-corrected chi connectivity index (χ0v) is 11.0. The van der Waals surface area contributed by atoms with Gasteiger partial charge in [-0.3, -0.25) is 0 Å². The molecule has 0 aromatic heterocycles. The molecule has 0 heterocycles. The number of ether oxygens (including phenoxy) is 1. The van der Waals surface area contributed by atoms with E-state index in [-0.39, 0.29) is 0 Å². The van der Waals surface area contributed by atoms with Crippen LogP contribution in [0.25, 0.3) is 0 Å². The van der Waals surface area contributed by atoms with Crippen molar-refractivity contribution in [3.05, 3.63) is 0 Å². The molecular formula is C10H24O3Si. The summed E-state index contributed by atoms with van der Waals surface area (Å²) in [5.74, 6) is 0. The molecule has 86 valence electrons. The van der Waals surface area contributed by atoms with Crippen molar-refractivity contribution in [2.24, 2.45) is 0 Å². The van der Waals surface area contributed by atoms with Crippen molar-refractivity contribution in [3.63, 3.8) is 0 Å². The average Bonchev–Trinajstić information content (AvgIpc) is 2.23. The Balaban J connectivity index is 3.34. The predicted molar refractivity (Wildman–Crippen MR) is 60.8 cm³/mol. The lowest BCUT2D eigenvalue weighted by molar-refractivity contribution is 0.131. The molecule has 3 nitrogen and oxygen atoms in total. The fourth-order valence-corrected chi connectivity index (χ4v) is 2.65. The summed E-state index contributed by atoms with van der Waals surface area (Å²) in [4.78, 5) is 0. The molecule has 0 bridgehead atoms. The fraction of sp³-hybridized carbons (Fsp3) is 1.00. The summed E-state index contributed by atoms with van der Waals surface area (Å²) in [6.07, 6.45) is 3.34. The molecule has 0 radical (unpaired) electrons. The van der Waals surface area contributed by atoms with Crippen LogP contribution in [0.2, 0.25) is 12.6 Å². The second kappa shape index (κ2) is 8.41. The molecule has 0 amide bonds. The van der Waals surface area contributed by atoms with Gasteiger partial charge < -0.3 is 13.6 Å². The number of hydrogen-bond acceptors (Lipinski definition) is 3. The van der Waals surface area contributed by atoms with Gasteiger partial charge in [-0.2, -0.15) is 0 Å². The molecule has 14 heavy (non-hydrogen) atoms. The van der Waals surface area contributed by atoms with Gasteiger partial charge in [-0.15, -0.1) is 0 Å². The summed E-state index contributed by atoms with van der Waals surface area (Å²) in [6, 6.07) is 1.05. The Morgan fingerprint density at radius 1 is 1.00 bits per heavy atom. The maximum absolute atomic E-state index is 5.40. The minimum absolute atomic E-state index is 0.867. The fourth-order valence-electron chi connectivity index (χ4n) is 1.18. The van der Waals surface area contributed by atoms with E-state index in [1.54, 1.807) is 14.2 Å². The minimum atomic E-state index is -1.82. The number of unbranched alkanes of at least 4 members (excludes halogenated alkanes) is 1. The highest BCUT2D eigenvalue weighted by Gasteiger charge is 2.27. The first kappa shape index (κ1) is 14.1. The van der Waals surface area contributed by atoms with Crippen LogP contribution >= 0.6 is 0 Å². The van der Waals surface area contributed by atoms with Gasteiger partial charge in [0.05, 0.1) is 0 Å². The maximum atomic E-state index is 5.40. The molecule has 0 N–H and O–H groups in total. The molecule has 0 spiro atoms. The quantitative estimate of drug-likeness (QED) is 0.441. The van der Waals surface area contributed by atoms with Crippen molar-refractivity contribution in [2.45, 2.75) is 38.8 Å². The molecule has 0 saturated heterocycles. The Hall–Kier alpha value is 0.0969. The molecule has 0 rings (SSSR count). The third kappa shape index (κ3) is 6.54. The van der Waals surface area contributed by atoms with Crippen molar-refractivity contribution in [3.8, 4) is 0 Å². The second-order valence-corrected chi connectivity index (χ2v) is 7.20. The van der Waals surface area contributed by atoms with E-state index in [0.29, 0.717) is 0 Å². The summed E-state index contributed by atoms with van der Waals surface area (Å²) in [6.45, 7) is 5.97. The SMILES string of the molecule is CCCOCCCC[Si](C)(OC)OC. The molecule has 0 fully saturated rings. The predicted octanol–water partition coefficient (Wildman–Crippen LogP) is 2.56. The maximum Gasteiger partial charge on any atom is 0.334 e. The van der Waals surface area contributed by atoms with Gasteiger partial charge in [0.1, 0.15) is 0 Å². The first-order valence-corrected chi connectivity index (χ1v) is 7.89. The Morgan fingerprint density at radius 3 is 2.14 bits per heavy atom. The lowest BCUT2D eigenvalue weighted by atomic mass is 10.3. The minimum Gasteiger partial charge on any atom is -0.398 e. The van der Waals surface area contributed by atoms with E-state index in [4.69, 9.17) is 13.6 Å². The Kier molecular flexibility index (Phi) is 8.47. The largest absolute Gasteiger partial charge is 0.398 e. The summed E-state index contributed by atoms with van der Waals surface area (Å²) in [5, 5.41) is 0. The van der Waals surface area contributed by atoms with Crippen LogP contribution in [0.1, 0.15) is 26.2 Å². The highest BCUT2D eigenvalue weighted by atomic mass is 28.4. The Morgan fingerprint density at radius 2 is 1.64 bits per heavy atom. The lowest BCUT2D eigenvalue weighted by Crippen LogP contribution is -2.35. The average molecular weight is 220 g/mol. The van der Waals surface area contributed by atoms with E-state index in [0.717, 1.165) is 38.5 Å². The van der Waals surface area contributed by atoms with Crippen molar-refractivity contribution in [1.82, 2.24) is 0 Å². The Bertz CT molecular complexity index is 127. The van der Waals surface area contributed by atoms with E-state index in [9.17, 15) is 0 Å². The summed E-state index contributed by atoms with van der Waals surface area (Å²) in [5.41, 5.74) is 0. The van der Waals surface area contributed by atoms with Gasteiger partial charge in [-0.05, 0) is 31.9 Å². The standard InChI is InChI=1S/C10H24O3Si/c1-5-8-13-9-6-7-10-14(4,11-2)12-3/h5-10H2,1-4H3. The topological polar surface area (TPSA) is 27.7 Å². The molecule has 0 aliphatic carbocycles. The zero-order valence-electron chi connectivity index (χ0n) is 9.97. The van der Waals surface area contributed by atoms with Crippen LogP contribution in [-0.4, -0.2) is 36.0 Å². The van der Waals surface area contributed by atoms with Crippen molar-refractivity contribution < 1.29 is 13.6 Å². The van der Waals surface area contributed by atoms with Gasteiger partial charge in [-0.1, -0.05) is 6.92 Å². The molecule has 0 aliphatic rings. The van der Waals surface area contributed by atoms with Crippen molar-refractivity contribution in [1.29, 1.82) is 0 Å². The van der Waals surface area contributed by atoms with E-state index < -0.39 is 8.56 Å². The van der Waals surface area contributed by atoms with Crippen molar-refractivity contribution >= 4 is 8.56 Å². The van der Waals surface area contributed by atoms with E-state index >= 15 is 0 Å². The van der Waals surface area contributed by atoms with E-state index in [1.807, 2.05) is 0 Å². The first-order chi connectivity index (χ1) is 6.68. The Labute approximate surface area is 89.0 Å². The molecular weight excluding hydrogens is 196 g/mol. The van der Waals surface area contributed by atoms with Crippen molar-refractivity contribution in [2.75, 3.05) is 27.4 Å². The van der Waals surface area contributed by atoms with Crippen LogP contribution in [0.4, 0.5) is 0 Å².